The first-order valence-corrected chi connectivity index (χ1v) is 11.0. The summed E-state index contributed by atoms with van der Waals surface area (Å²) in [6, 6.07) is 4.47. The van der Waals surface area contributed by atoms with E-state index in [9.17, 15) is 4.79 Å². The number of unbranched alkanes of at least 4 members (excludes halogenated alkanes) is 3. The highest BCUT2D eigenvalue weighted by Gasteiger charge is 2.03. The van der Waals surface area contributed by atoms with Gasteiger partial charge in [0.05, 0.1) is 0 Å². The molecule has 28 heavy (non-hydrogen) atoms. The van der Waals surface area contributed by atoms with E-state index >= 15 is 0 Å². The second-order valence-electron chi connectivity index (χ2n) is 7.19. The molecular weight excluding hydrogens is 366 g/mol. The van der Waals surface area contributed by atoms with Gasteiger partial charge >= 0.3 is 5.97 Å². The van der Waals surface area contributed by atoms with Crippen molar-refractivity contribution in [2.75, 3.05) is 0 Å². The Labute approximate surface area is 175 Å². The number of carboxylic acid groups (broad SMARTS) is 1. The van der Waals surface area contributed by atoms with Gasteiger partial charge in [0.15, 0.2) is 0 Å². The first-order chi connectivity index (χ1) is 13.4. The zero-order valence-electron chi connectivity index (χ0n) is 17.8. The van der Waals surface area contributed by atoms with Crippen molar-refractivity contribution in [3.05, 3.63) is 69.7 Å². The monoisotopic (exact) mass is 401 g/mol. The molecule has 0 fully saturated rings. The number of hydrogen-bond acceptors (Lipinski definition) is 3. The SMILES string of the molecule is C\C=C/C=C(\C=C\SNCc1c(C)cc(C)cc1C)CCCCCCC(=O)O. The fraction of sp³-hybridized carbons (Fsp3) is 0.458. The molecule has 0 saturated carbocycles. The summed E-state index contributed by atoms with van der Waals surface area (Å²) in [7, 11) is 0. The minimum atomic E-state index is -0.697. The fourth-order valence-corrected chi connectivity index (χ4v) is 3.74. The molecule has 0 saturated heterocycles. The Bertz CT molecular complexity index is 682. The quantitative estimate of drug-likeness (QED) is 0.217. The number of benzene rings is 1. The molecule has 2 N–H and O–H groups in total. The Morgan fingerprint density at radius 1 is 1.07 bits per heavy atom. The Kier molecular flexibility index (Phi) is 12.3. The second-order valence-corrected chi connectivity index (χ2v) is 7.99. The van der Waals surface area contributed by atoms with E-state index in [0.29, 0.717) is 0 Å². The summed E-state index contributed by atoms with van der Waals surface area (Å²) in [5.74, 6) is -0.697. The molecule has 0 unspecified atom stereocenters. The van der Waals surface area contributed by atoms with Crippen molar-refractivity contribution in [1.29, 1.82) is 0 Å². The van der Waals surface area contributed by atoms with Crippen LogP contribution in [0.15, 0.2) is 47.4 Å². The van der Waals surface area contributed by atoms with Crippen molar-refractivity contribution in [1.82, 2.24) is 4.72 Å². The van der Waals surface area contributed by atoms with Crippen LogP contribution in [0.3, 0.4) is 0 Å². The topological polar surface area (TPSA) is 49.3 Å². The van der Waals surface area contributed by atoms with Crippen LogP contribution in [0.2, 0.25) is 0 Å². The standard InChI is InChI=1S/C24H35NO2S/c1-5-6-11-22(12-9-7-8-10-13-24(26)27)14-15-28-25-18-23-20(3)16-19(2)17-21(23)4/h5-6,11,14-17,25H,7-10,12-13,18H2,1-4H3,(H,26,27)/b6-5-,15-14+,22-11-. The van der Waals surface area contributed by atoms with Gasteiger partial charge in [-0.2, -0.15) is 0 Å². The molecule has 0 spiro atoms. The fourth-order valence-electron chi connectivity index (χ4n) is 3.17. The molecule has 0 heterocycles. The molecule has 1 aromatic carbocycles. The molecule has 1 rings (SSSR count). The molecule has 0 aliphatic carbocycles. The first-order valence-electron chi connectivity index (χ1n) is 10.1. The van der Waals surface area contributed by atoms with Gasteiger partial charge in [0.2, 0.25) is 0 Å². The van der Waals surface area contributed by atoms with E-state index < -0.39 is 5.97 Å². The van der Waals surface area contributed by atoms with Crippen molar-refractivity contribution in [3.8, 4) is 0 Å². The van der Waals surface area contributed by atoms with Crippen LogP contribution in [0.25, 0.3) is 0 Å². The summed E-state index contributed by atoms with van der Waals surface area (Å²) in [4.78, 5) is 10.5. The largest absolute Gasteiger partial charge is 0.481 e. The average molecular weight is 402 g/mol. The molecule has 0 aliphatic rings. The highest BCUT2D eigenvalue weighted by Crippen LogP contribution is 2.18. The minimum absolute atomic E-state index is 0.281. The van der Waals surface area contributed by atoms with Crippen LogP contribution < -0.4 is 4.72 Å². The van der Waals surface area contributed by atoms with Crippen molar-refractivity contribution in [2.45, 2.75) is 72.8 Å². The summed E-state index contributed by atoms with van der Waals surface area (Å²) in [5, 5.41) is 10.8. The van der Waals surface area contributed by atoms with Gasteiger partial charge in [0.1, 0.15) is 0 Å². The number of hydrogen-bond donors (Lipinski definition) is 2. The third-order valence-corrected chi connectivity index (χ3v) is 5.21. The summed E-state index contributed by atoms with van der Waals surface area (Å²) in [6.45, 7) is 9.36. The number of rotatable bonds is 13. The molecule has 0 atom stereocenters. The molecule has 0 aromatic heterocycles. The predicted octanol–water partition coefficient (Wildman–Crippen LogP) is 6.79. The normalized spacial score (nSPS) is 12.4. The van der Waals surface area contributed by atoms with Crippen LogP contribution in [-0.4, -0.2) is 11.1 Å². The van der Waals surface area contributed by atoms with Gasteiger partial charge in [-0.05, 0) is 74.6 Å². The lowest BCUT2D eigenvalue weighted by atomic mass is 10.0. The Morgan fingerprint density at radius 2 is 1.71 bits per heavy atom. The van der Waals surface area contributed by atoms with Gasteiger partial charge in [-0.25, -0.2) is 0 Å². The second kappa shape index (κ2) is 14.3. The van der Waals surface area contributed by atoms with E-state index in [-0.39, 0.29) is 6.42 Å². The number of aryl methyl sites for hydroxylation is 3. The summed E-state index contributed by atoms with van der Waals surface area (Å²) in [5.41, 5.74) is 6.66. The summed E-state index contributed by atoms with van der Waals surface area (Å²) < 4.78 is 3.44. The maximum absolute atomic E-state index is 10.5. The number of nitrogens with one attached hydrogen (secondary N) is 1. The molecule has 0 radical (unpaired) electrons. The first kappa shape index (κ1) is 24.3. The number of allylic oxidation sites excluding steroid dienone is 5. The minimum Gasteiger partial charge on any atom is -0.481 e. The summed E-state index contributed by atoms with van der Waals surface area (Å²) >= 11 is 1.62. The van der Waals surface area contributed by atoms with Crippen LogP contribution in [0.1, 0.15) is 67.7 Å². The Balaban J connectivity index is 2.41. The van der Waals surface area contributed by atoms with Crippen LogP contribution in [0.5, 0.6) is 0 Å². The predicted molar refractivity (Wildman–Crippen MR) is 122 cm³/mol. The smallest absolute Gasteiger partial charge is 0.303 e. The van der Waals surface area contributed by atoms with E-state index in [2.05, 4.69) is 61.3 Å². The van der Waals surface area contributed by atoms with Crippen molar-refractivity contribution < 1.29 is 9.90 Å². The van der Waals surface area contributed by atoms with Gasteiger partial charge < -0.3 is 5.11 Å². The summed E-state index contributed by atoms with van der Waals surface area (Å²) in [6.07, 6.45) is 13.7. The van der Waals surface area contributed by atoms with E-state index in [0.717, 1.165) is 38.6 Å². The van der Waals surface area contributed by atoms with Gasteiger partial charge in [-0.15, -0.1) is 0 Å². The molecule has 154 valence electrons. The maximum Gasteiger partial charge on any atom is 0.303 e. The third-order valence-electron chi connectivity index (χ3n) is 4.63. The van der Waals surface area contributed by atoms with E-state index in [1.807, 2.05) is 13.0 Å². The zero-order valence-corrected chi connectivity index (χ0v) is 18.6. The van der Waals surface area contributed by atoms with Crippen molar-refractivity contribution in [3.63, 3.8) is 0 Å². The van der Waals surface area contributed by atoms with E-state index in [1.165, 1.54) is 27.8 Å². The van der Waals surface area contributed by atoms with Gasteiger partial charge in [0, 0.05) is 13.0 Å². The number of carbonyl (C=O) groups is 1. The number of carboxylic acids is 1. The lowest BCUT2D eigenvalue weighted by Crippen LogP contribution is -2.06. The highest BCUT2D eigenvalue weighted by molar-refractivity contribution is 8.00. The van der Waals surface area contributed by atoms with Crippen LogP contribution in [0, 0.1) is 20.8 Å². The van der Waals surface area contributed by atoms with E-state index in [4.69, 9.17) is 5.11 Å². The molecular formula is C24H35NO2S. The molecule has 0 amide bonds. The van der Waals surface area contributed by atoms with Crippen molar-refractivity contribution >= 4 is 17.9 Å². The zero-order chi connectivity index (χ0) is 20.8. The lowest BCUT2D eigenvalue weighted by Gasteiger charge is -2.11. The Hall–Kier alpha value is -1.78. The van der Waals surface area contributed by atoms with Crippen LogP contribution >= 0.6 is 11.9 Å². The van der Waals surface area contributed by atoms with Crippen molar-refractivity contribution in [2.24, 2.45) is 0 Å². The van der Waals surface area contributed by atoms with Crippen LogP contribution in [-0.2, 0) is 11.3 Å². The molecule has 4 heteroatoms. The molecule has 3 nitrogen and oxygen atoms in total. The average Bonchev–Trinajstić information content (AvgIpc) is 2.62. The molecule has 1 aromatic rings. The highest BCUT2D eigenvalue weighted by atomic mass is 32.2. The van der Waals surface area contributed by atoms with Gasteiger partial charge in [-0.1, -0.05) is 66.8 Å². The van der Waals surface area contributed by atoms with Gasteiger partial charge in [0.25, 0.3) is 0 Å². The molecule has 0 bridgehead atoms. The van der Waals surface area contributed by atoms with Crippen LogP contribution in [0.4, 0.5) is 0 Å². The van der Waals surface area contributed by atoms with E-state index in [1.54, 1.807) is 11.9 Å². The number of aliphatic carboxylic acids is 1. The Morgan fingerprint density at radius 3 is 2.32 bits per heavy atom. The lowest BCUT2D eigenvalue weighted by molar-refractivity contribution is -0.137. The maximum atomic E-state index is 10.5. The third kappa shape index (κ3) is 10.5. The molecule has 0 aliphatic heterocycles. The van der Waals surface area contributed by atoms with Gasteiger partial charge in [-0.3, -0.25) is 9.52 Å².